The first-order chi connectivity index (χ1) is 8.45. The number of imidazole rings is 1. The van der Waals surface area contributed by atoms with Gasteiger partial charge in [-0.15, -0.1) is 0 Å². The molecule has 0 aliphatic rings. The van der Waals surface area contributed by atoms with E-state index in [4.69, 9.17) is 0 Å². The number of fused-ring (bicyclic) bond motifs is 1. The predicted octanol–water partition coefficient (Wildman–Crippen LogP) is 1.15. The molecule has 0 saturated carbocycles. The highest BCUT2D eigenvalue weighted by Crippen LogP contribution is 2.29. The van der Waals surface area contributed by atoms with Crippen molar-refractivity contribution in [3.05, 3.63) is 30.1 Å². The van der Waals surface area contributed by atoms with Crippen LogP contribution in [0.5, 0.6) is 0 Å². The third-order valence-corrected chi connectivity index (χ3v) is 2.30. The van der Waals surface area contributed by atoms with E-state index in [0.717, 1.165) is 10.6 Å². The summed E-state index contributed by atoms with van der Waals surface area (Å²) in [7, 11) is 1.53. The summed E-state index contributed by atoms with van der Waals surface area (Å²) in [6.07, 6.45) is -1.11. The van der Waals surface area contributed by atoms with Crippen molar-refractivity contribution in [1.82, 2.24) is 19.7 Å². The first kappa shape index (κ1) is 12.5. The standard InChI is InChI=1S/C10H9F3N4O/c1-14-5-7(18)8-6-4-15-2-3-17(6)9(16-8)10(11,12)13/h2-4,14H,5H2,1H3. The summed E-state index contributed by atoms with van der Waals surface area (Å²) < 4.78 is 39.1. The summed E-state index contributed by atoms with van der Waals surface area (Å²) in [5, 5.41) is 2.58. The molecule has 96 valence electrons. The highest BCUT2D eigenvalue weighted by atomic mass is 19.4. The SMILES string of the molecule is CNCC(=O)c1nc(C(F)(F)F)n2ccncc12. The largest absolute Gasteiger partial charge is 0.450 e. The van der Waals surface area contributed by atoms with Crippen LogP contribution in [-0.4, -0.2) is 33.7 Å². The van der Waals surface area contributed by atoms with Crippen LogP contribution in [0.1, 0.15) is 16.3 Å². The van der Waals surface area contributed by atoms with Crippen molar-refractivity contribution < 1.29 is 18.0 Å². The third kappa shape index (κ3) is 2.06. The number of likely N-dealkylation sites (N-methyl/N-ethyl adjacent to an activating group) is 1. The molecule has 0 radical (unpaired) electrons. The minimum absolute atomic E-state index is 0.0464. The third-order valence-electron chi connectivity index (χ3n) is 2.30. The van der Waals surface area contributed by atoms with Gasteiger partial charge >= 0.3 is 6.18 Å². The van der Waals surface area contributed by atoms with Crippen LogP contribution in [0, 0.1) is 0 Å². The van der Waals surface area contributed by atoms with Crippen molar-refractivity contribution in [3.63, 3.8) is 0 Å². The maximum atomic E-state index is 12.7. The Morgan fingerprint density at radius 1 is 1.50 bits per heavy atom. The number of ketones is 1. The molecule has 0 aromatic carbocycles. The summed E-state index contributed by atoms with van der Waals surface area (Å²) in [6.45, 7) is -0.0845. The second kappa shape index (κ2) is 4.37. The molecule has 1 N–H and O–H groups in total. The number of nitrogens with zero attached hydrogens (tertiary/aromatic N) is 3. The highest BCUT2D eigenvalue weighted by molar-refractivity contribution is 6.01. The number of alkyl halides is 3. The van der Waals surface area contributed by atoms with Crippen molar-refractivity contribution >= 4 is 11.3 Å². The van der Waals surface area contributed by atoms with Gasteiger partial charge in [-0.3, -0.25) is 14.2 Å². The lowest BCUT2D eigenvalue weighted by molar-refractivity contribution is -0.145. The maximum Gasteiger partial charge on any atom is 0.450 e. The summed E-state index contributed by atoms with van der Waals surface area (Å²) in [6, 6.07) is 0. The molecule has 2 aromatic heterocycles. The molecule has 8 heteroatoms. The number of hydrogen-bond acceptors (Lipinski definition) is 4. The van der Waals surface area contributed by atoms with Gasteiger partial charge < -0.3 is 5.32 Å². The monoisotopic (exact) mass is 258 g/mol. The van der Waals surface area contributed by atoms with Gasteiger partial charge in [0.2, 0.25) is 5.82 Å². The Bertz CT molecular complexity index is 590. The summed E-state index contributed by atoms with van der Waals surface area (Å²) in [4.78, 5) is 18.8. The lowest BCUT2D eigenvalue weighted by Gasteiger charge is -2.03. The fraction of sp³-hybridized carbons (Fsp3) is 0.300. The molecular formula is C10H9F3N4O. The van der Waals surface area contributed by atoms with Crippen molar-refractivity contribution in [2.24, 2.45) is 0 Å². The van der Waals surface area contributed by atoms with E-state index in [0.29, 0.717) is 0 Å². The van der Waals surface area contributed by atoms with Gasteiger partial charge in [0, 0.05) is 12.4 Å². The summed E-state index contributed by atoms with van der Waals surface area (Å²) >= 11 is 0. The second-order valence-corrected chi connectivity index (χ2v) is 3.57. The smallest absolute Gasteiger partial charge is 0.313 e. The number of rotatable bonds is 3. The lowest BCUT2D eigenvalue weighted by atomic mass is 10.2. The van der Waals surface area contributed by atoms with Crippen LogP contribution >= 0.6 is 0 Å². The molecule has 0 bridgehead atoms. The van der Waals surface area contributed by atoms with E-state index in [9.17, 15) is 18.0 Å². The van der Waals surface area contributed by atoms with Gasteiger partial charge in [0.15, 0.2) is 5.78 Å². The zero-order valence-corrected chi connectivity index (χ0v) is 9.32. The van der Waals surface area contributed by atoms with Crippen molar-refractivity contribution in [1.29, 1.82) is 0 Å². The van der Waals surface area contributed by atoms with Gasteiger partial charge in [-0.2, -0.15) is 13.2 Å². The van der Waals surface area contributed by atoms with Gasteiger partial charge in [0.05, 0.1) is 18.3 Å². The zero-order chi connectivity index (χ0) is 13.3. The number of halogens is 3. The Hall–Kier alpha value is -1.96. The van der Waals surface area contributed by atoms with Crippen LogP contribution < -0.4 is 5.32 Å². The molecule has 0 spiro atoms. The van der Waals surface area contributed by atoms with E-state index in [1.165, 1.54) is 19.4 Å². The van der Waals surface area contributed by atoms with Gasteiger partial charge in [-0.05, 0) is 7.05 Å². The molecular weight excluding hydrogens is 249 g/mol. The van der Waals surface area contributed by atoms with Crippen molar-refractivity contribution in [2.75, 3.05) is 13.6 Å². The predicted molar refractivity (Wildman–Crippen MR) is 56.2 cm³/mol. The van der Waals surface area contributed by atoms with E-state index in [2.05, 4.69) is 15.3 Å². The Morgan fingerprint density at radius 2 is 2.22 bits per heavy atom. The number of carbonyl (C=O) groups excluding carboxylic acids is 1. The zero-order valence-electron chi connectivity index (χ0n) is 9.32. The molecule has 5 nitrogen and oxygen atoms in total. The Labute approximate surface area is 99.7 Å². The van der Waals surface area contributed by atoms with Crippen LogP contribution in [0.25, 0.3) is 5.52 Å². The average molecular weight is 258 g/mol. The number of aromatic nitrogens is 3. The lowest BCUT2D eigenvalue weighted by Crippen LogP contribution is -2.19. The topological polar surface area (TPSA) is 59.3 Å². The van der Waals surface area contributed by atoms with Crippen LogP contribution in [0.2, 0.25) is 0 Å². The normalized spacial score (nSPS) is 12.0. The molecule has 0 amide bonds. The van der Waals surface area contributed by atoms with Gasteiger partial charge in [0.25, 0.3) is 0 Å². The molecule has 2 heterocycles. The van der Waals surface area contributed by atoms with E-state index < -0.39 is 17.8 Å². The molecule has 0 unspecified atom stereocenters. The molecule has 0 atom stereocenters. The van der Waals surface area contributed by atoms with Crippen LogP contribution in [0.4, 0.5) is 13.2 Å². The molecule has 18 heavy (non-hydrogen) atoms. The van der Waals surface area contributed by atoms with Gasteiger partial charge in [-0.1, -0.05) is 0 Å². The van der Waals surface area contributed by atoms with Crippen LogP contribution in [0.3, 0.4) is 0 Å². The number of nitrogens with one attached hydrogen (secondary N) is 1. The van der Waals surface area contributed by atoms with Gasteiger partial charge in [0.1, 0.15) is 5.69 Å². The first-order valence-electron chi connectivity index (χ1n) is 5.02. The minimum atomic E-state index is -4.62. The first-order valence-corrected chi connectivity index (χ1v) is 5.02. The average Bonchev–Trinajstić information content (AvgIpc) is 2.68. The molecule has 0 fully saturated rings. The van der Waals surface area contributed by atoms with Crippen LogP contribution in [-0.2, 0) is 6.18 Å². The van der Waals surface area contributed by atoms with Crippen molar-refractivity contribution in [3.8, 4) is 0 Å². The molecule has 2 rings (SSSR count). The summed E-state index contributed by atoms with van der Waals surface area (Å²) in [5.74, 6) is -1.64. The van der Waals surface area contributed by atoms with E-state index in [-0.39, 0.29) is 17.8 Å². The number of Topliss-reactive ketones (excluding diaryl/α,β-unsaturated/α-hetero) is 1. The van der Waals surface area contributed by atoms with Crippen molar-refractivity contribution in [2.45, 2.75) is 6.18 Å². The van der Waals surface area contributed by atoms with E-state index >= 15 is 0 Å². The Morgan fingerprint density at radius 3 is 2.83 bits per heavy atom. The highest BCUT2D eigenvalue weighted by Gasteiger charge is 2.37. The maximum absolute atomic E-state index is 12.7. The van der Waals surface area contributed by atoms with Gasteiger partial charge in [-0.25, -0.2) is 4.98 Å². The fourth-order valence-electron chi connectivity index (χ4n) is 1.59. The number of carbonyl (C=O) groups is 1. The van der Waals surface area contributed by atoms with E-state index in [1.54, 1.807) is 0 Å². The second-order valence-electron chi connectivity index (χ2n) is 3.57. The quantitative estimate of drug-likeness (QED) is 0.839. The Kier molecular flexibility index (Phi) is 3.04. The Balaban J connectivity index is 2.65. The minimum Gasteiger partial charge on any atom is -0.313 e. The molecule has 0 aliphatic carbocycles. The number of hydrogen-bond donors (Lipinski definition) is 1. The van der Waals surface area contributed by atoms with E-state index in [1.807, 2.05) is 0 Å². The van der Waals surface area contributed by atoms with Crippen LogP contribution in [0.15, 0.2) is 18.6 Å². The fourth-order valence-corrected chi connectivity index (χ4v) is 1.59. The molecule has 0 aliphatic heterocycles. The molecule has 0 saturated heterocycles. The summed E-state index contributed by atoms with van der Waals surface area (Å²) in [5.41, 5.74) is -0.185. The molecule has 2 aromatic rings.